The van der Waals surface area contributed by atoms with Crippen molar-refractivity contribution in [2.75, 3.05) is 6.54 Å². The van der Waals surface area contributed by atoms with E-state index in [-0.39, 0.29) is 18.3 Å². The lowest BCUT2D eigenvalue weighted by Gasteiger charge is -2.14. The highest BCUT2D eigenvalue weighted by atomic mass is 32.1. The molecule has 21 heavy (non-hydrogen) atoms. The van der Waals surface area contributed by atoms with Gasteiger partial charge in [0.25, 0.3) is 5.91 Å². The second kappa shape index (κ2) is 7.02. The summed E-state index contributed by atoms with van der Waals surface area (Å²) in [5, 5.41) is 4.50. The molecule has 2 aromatic rings. The number of thiophene rings is 1. The highest BCUT2D eigenvalue weighted by Gasteiger charge is 2.15. The number of hydrogen-bond acceptors (Lipinski definition) is 3. The van der Waals surface area contributed by atoms with E-state index in [2.05, 4.69) is 17.2 Å². The summed E-state index contributed by atoms with van der Waals surface area (Å²) < 4.78 is 13.7. The molecule has 0 radical (unpaired) electrons. The van der Waals surface area contributed by atoms with Crippen LogP contribution in [0.5, 0.6) is 0 Å². The Balaban J connectivity index is 2.07. The highest BCUT2D eigenvalue weighted by molar-refractivity contribution is 7.10. The van der Waals surface area contributed by atoms with Crippen LogP contribution in [0.15, 0.2) is 35.7 Å². The Hall–Kier alpha value is -2.16. The number of nitrogens with two attached hydrogens (primary N) is 1. The second-order valence-corrected chi connectivity index (χ2v) is 5.33. The Morgan fingerprint density at radius 3 is 2.95 bits per heavy atom. The van der Waals surface area contributed by atoms with E-state index in [1.807, 2.05) is 0 Å². The van der Waals surface area contributed by atoms with E-state index in [9.17, 15) is 9.18 Å². The van der Waals surface area contributed by atoms with Crippen LogP contribution in [0.4, 0.5) is 4.39 Å². The summed E-state index contributed by atoms with van der Waals surface area (Å²) in [6.45, 7) is 2.03. The van der Waals surface area contributed by atoms with Crippen molar-refractivity contribution in [1.29, 1.82) is 0 Å². The number of carbonyl (C=O) groups is 1. The van der Waals surface area contributed by atoms with E-state index < -0.39 is 6.04 Å². The first-order valence-electron chi connectivity index (χ1n) is 6.44. The molecule has 0 aliphatic heterocycles. The van der Waals surface area contributed by atoms with Crippen LogP contribution in [-0.2, 0) is 0 Å². The van der Waals surface area contributed by atoms with Gasteiger partial charge in [0, 0.05) is 10.9 Å². The van der Waals surface area contributed by atoms with E-state index >= 15 is 0 Å². The van der Waals surface area contributed by atoms with Gasteiger partial charge in [-0.15, -0.1) is 11.3 Å². The number of benzene rings is 1. The van der Waals surface area contributed by atoms with Crippen LogP contribution >= 0.6 is 11.3 Å². The predicted molar refractivity (Wildman–Crippen MR) is 82.5 cm³/mol. The van der Waals surface area contributed by atoms with Crippen LogP contribution < -0.4 is 11.1 Å². The molecule has 1 aromatic heterocycles. The number of amides is 1. The number of halogens is 1. The maximum absolute atomic E-state index is 13.7. The Morgan fingerprint density at radius 2 is 2.24 bits per heavy atom. The normalized spacial score (nSPS) is 11.4. The van der Waals surface area contributed by atoms with Crippen LogP contribution in [0.3, 0.4) is 0 Å². The molecule has 0 spiro atoms. The fourth-order valence-corrected chi connectivity index (χ4v) is 2.60. The zero-order valence-electron chi connectivity index (χ0n) is 11.5. The average molecular weight is 302 g/mol. The minimum Gasteiger partial charge on any atom is -0.345 e. The third kappa shape index (κ3) is 3.91. The molecule has 1 atom stereocenters. The van der Waals surface area contributed by atoms with Gasteiger partial charge in [0.15, 0.2) is 0 Å². The van der Waals surface area contributed by atoms with E-state index in [4.69, 9.17) is 5.73 Å². The lowest BCUT2D eigenvalue weighted by Crippen LogP contribution is -2.26. The van der Waals surface area contributed by atoms with E-state index in [1.54, 1.807) is 36.6 Å². The molecule has 0 saturated heterocycles. The number of hydrogen-bond donors (Lipinski definition) is 2. The summed E-state index contributed by atoms with van der Waals surface area (Å²) in [5.74, 6) is 5.04. The molecule has 5 heteroatoms. The predicted octanol–water partition coefficient (Wildman–Crippen LogP) is 2.69. The third-order valence-corrected chi connectivity index (χ3v) is 3.74. The molecule has 0 saturated carbocycles. The molecular weight excluding hydrogens is 287 g/mol. The van der Waals surface area contributed by atoms with Crippen molar-refractivity contribution in [2.24, 2.45) is 5.73 Å². The van der Waals surface area contributed by atoms with Crippen molar-refractivity contribution < 1.29 is 9.18 Å². The van der Waals surface area contributed by atoms with Crippen molar-refractivity contribution in [3.63, 3.8) is 0 Å². The lowest BCUT2D eigenvalue weighted by atomic mass is 10.1. The first kappa shape index (κ1) is 15.2. The summed E-state index contributed by atoms with van der Waals surface area (Å²) in [5.41, 5.74) is 6.28. The first-order valence-corrected chi connectivity index (χ1v) is 7.32. The fraction of sp³-hybridized carbons (Fsp3) is 0.188. The van der Waals surface area contributed by atoms with Gasteiger partial charge in [-0.05, 0) is 19.1 Å². The zero-order chi connectivity index (χ0) is 15.2. The molecule has 0 aliphatic carbocycles. The van der Waals surface area contributed by atoms with E-state index in [1.165, 1.54) is 17.4 Å². The molecule has 0 fully saturated rings. The molecule has 1 aromatic carbocycles. The SMILES string of the molecule is CC(NC(=O)c1csc(C#CCN)c1)c1ccccc1F. The lowest BCUT2D eigenvalue weighted by molar-refractivity contribution is 0.0940. The largest absolute Gasteiger partial charge is 0.345 e. The quantitative estimate of drug-likeness (QED) is 0.857. The Morgan fingerprint density at radius 1 is 1.48 bits per heavy atom. The molecule has 108 valence electrons. The number of carbonyl (C=O) groups excluding carboxylic acids is 1. The Kier molecular flexibility index (Phi) is 5.09. The fourth-order valence-electron chi connectivity index (χ4n) is 1.84. The van der Waals surface area contributed by atoms with Gasteiger partial charge in [0.05, 0.1) is 23.0 Å². The summed E-state index contributed by atoms with van der Waals surface area (Å²) >= 11 is 1.38. The average Bonchev–Trinajstić information content (AvgIpc) is 2.94. The van der Waals surface area contributed by atoms with Crippen LogP contribution in [0.1, 0.15) is 33.8 Å². The smallest absolute Gasteiger partial charge is 0.252 e. The maximum atomic E-state index is 13.7. The van der Waals surface area contributed by atoms with Crippen LogP contribution in [0.2, 0.25) is 0 Å². The molecule has 2 rings (SSSR count). The van der Waals surface area contributed by atoms with Crippen molar-refractivity contribution in [2.45, 2.75) is 13.0 Å². The van der Waals surface area contributed by atoms with Gasteiger partial charge in [-0.25, -0.2) is 4.39 Å². The molecular formula is C16H15FN2OS. The van der Waals surface area contributed by atoms with Gasteiger partial charge in [-0.2, -0.15) is 0 Å². The van der Waals surface area contributed by atoms with E-state index in [0.717, 1.165) is 4.88 Å². The van der Waals surface area contributed by atoms with Crippen LogP contribution in [0, 0.1) is 17.7 Å². The summed E-state index contributed by atoms with van der Waals surface area (Å²) in [6, 6.07) is 7.70. The Bertz CT molecular complexity index is 700. The van der Waals surface area contributed by atoms with E-state index in [0.29, 0.717) is 11.1 Å². The molecule has 1 unspecified atom stereocenters. The van der Waals surface area contributed by atoms with Gasteiger partial charge in [0.1, 0.15) is 5.82 Å². The molecule has 1 heterocycles. The molecule has 1 amide bonds. The second-order valence-electron chi connectivity index (χ2n) is 4.42. The first-order chi connectivity index (χ1) is 10.1. The Labute approximate surface area is 127 Å². The minimum absolute atomic E-state index is 0.247. The standard InChI is InChI=1S/C16H15FN2OS/c1-11(14-6-2-3-7-15(14)17)19-16(20)12-9-13(21-10-12)5-4-8-18/h2-3,6-7,9-11H,8,18H2,1H3,(H,19,20). The molecule has 3 nitrogen and oxygen atoms in total. The molecule has 0 aliphatic rings. The third-order valence-electron chi connectivity index (χ3n) is 2.89. The van der Waals surface area contributed by atoms with Crippen molar-refractivity contribution in [3.8, 4) is 11.8 Å². The highest BCUT2D eigenvalue weighted by Crippen LogP contribution is 2.18. The minimum atomic E-state index is -0.405. The van der Waals surface area contributed by atoms with Gasteiger partial charge in [-0.3, -0.25) is 4.79 Å². The van der Waals surface area contributed by atoms with Crippen molar-refractivity contribution in [1.82, 2.24) is 5.32 Å². The van der Waals surface area contributed by atoms with Crippen LogP contribution in [-0.4, -0.2) is 12.5 Å². The van der Waals surface area contributed by atoms with Gasteiger partial charge < -0.3 is 11.1 Å². The van der Waals surface area contributed by atoms with Gasteiger partial charge in [-0.1, -0.05) is 30.0 Å². The zero-order valence-corrected chi connectivity index (χ0v) is 12.3. The summed E-state index contributed by atoms with van der Waals surface area (Å²) in [7, 11) is 0. The maximum Gasteiger partial charge on any atom is 0.252 e. The van der Waals surface area contributed by atoms with Crippen molar-refractivity contribution in [3.05, 3.63) is 57.5 Å². The molecule has 3 N–H and O–H groups in total. The van der Waals surface area contributed by atoms with Gasteiger partial charge >= 0.3 is 0 Å². The summed E-state index contributed by atoms with van der Waals surface area (Å²) in [4.78, 5) is 12.9. The monoisotopic (exact) mass is 302 g/mol. The molecule has 0 bridgehead atoms. The topological polar surface area (TPSA) is 55.1 Å². The van der Waals surface area contributed by atoms with Crippen LogP contribution in [0.25, 0.3) is 0 Å². The summed E-state index contributed by atoms with van der Waals surface area (Å²) in [6.07, 6.45) is 0. The van der Waals surface area contributed by atoms with Crippen molar-refractivity contribution >= 4 is 17.2 Å². The number of rotatable bonds is 3. The van der Waals surface area contributed by atoms with Gasteiger partial charge in [0.2, 0.25) is 0 Å². The number of nitrogens with one attached hydrogen (secondary N) is 1.